The van der Waals surface area contributed by atoms with E-state index in [9.17, 15) is 19.2 Å². The topological polar surface area (TPSA) is 134 Å². The fourth-order valence-corrected chi connectivity index (χ4v) is 4.14. The number of rotatable bonds is 16. The van der Waals surface area contributed by atoms with Crippen molar-refractivity contribution in [2.24, 2.45) is 0 Å². The quantitative estimate of drug-likeness (QED) is 0.184. The molecule has 0 spiro atoms. The molecule has 4 N–H and O–H groups in total. The third-order valence-electron chi connectivity index (χ3n) is 6.39. The second-order valence-electron chi connectivity index (χ2n) is 9.60. The number of alkyl carbamates (subject to hydrolysis) is 1. The zero-order valence-electron chi connectivity index (χ0n) is 23.0. The summed E-state index contributed by atoms with van der Waals surface area (Å²) in [5, 5.41) is 17.1. The van der Waals surface area contributed by atoms with Crippen LogP contribution in [0.15, 0.2) is 84.9 Å². The van der Waals surface area contributed by atoms with Crippen molar-refractivity contribution < 1.29 is 29.0 Å². The van der Waals surface area contributed by atoms with Gasteiger partial charge in [0.1, 0.15) is 12.6 Å². The summed E-state index contributed by atoms with van der Waals surface area (Å²) < 4.78 is 5.21. The number of ether oxygens (including phenoxy) is 1. The minimum Gasteiger partial charge on any atom is -0.481 e. The second-order valence-corrected chi connectivity index (χ2v) is 9.60. The van der Waals surface area contributed by atoms with Gasteiger partial charge in [0.2, 0.25) is 5.91 Å². The number of benzene rings is 3. The Hall–Kier alpha value is -4.66. The Balaban J connectivity index is 1.51. The van der Waals surface area contributed by atoms with E-state index in [0.717, 1.165) is 16.7 Å². The Labute approximate surface area is 240 Å². The Bertz CT molecular complexity index is 1250. The molecule has 0 aliphatic heterocycles. The maximum Gasteiger partial charge on any atom is 0.407 e. The average Bonchev–Trinajstić information content (AvgIpc) is 3.00. The maximum absolute atomic E-state index is 13.0. The first-order valence-corrected chi connectivity index (χ1v) is 13.8. The average molecular weight is 560 g/mol. The SMILES string of the molecule is O=C(O)CCCCCNC(=O)[C@H](CCCNC(=O)OCc1ccccc1)NC(=O)c1ccc(-c2ccccc2)cc1. The number of carboxylic acids is 1. The first kappa shape index (κ1) is 30.9. The van der Waals surface area contributed by atoms with Crippen molar-refractivity contribution in [2.45, 2.75) is 51.2 Å². The van der Waals surface area contributed by atoms with E-state index in [4.69, 9.17) is 9.84 Å². The summed E-state index contributed by atoms with van der Waals surface area (Å²) in [5.74, 6) is -1.54. The van der Waals surface area contributed by atoms with Crippen LogP contribution in [0.2, 0.25) is 0 Å². The fraction of sp³-hybridized carbons (Fsp3) is 0.312. The van der Waals surface area contributed by atoms with Gasteiger partial charge in [0.05, 0.1) is 0 Å². The molecule has 9 heteroatoms. The van der Waals surface area contributed by atoms with Crippen LogP contribution in [-0.2, 0) is 20.9 Å². The molecule has 0 aliphatic carbocycles. The number of amides is 3. The summed E-state index contributed by atoms with van der Waals surface area (Å²) in [7, 11) is 0. The van der Waals surface area contributed by atoms with E-state index < -0.39 is 18.1 Å². The van der Waals surface area contributed by atoms with Crippen LogP contribution >= 0.6 is 0 Å². The summed E-state index contributed by atoms with van der Waals surface area (Å²) >= 11 is 0. The van der Waals surface area contributed by atoms with Gasteiger partial charge in [0, 0.05) is 25.1 Å². The molecule has 0 bridgehead atoms. The zero-order chi connectivity index (χ0) is 29.3. The number of carbonyl (C=O) groups excluding carboxylic acids is 3. The van der Waals surface area contributed by atoms with Crippen molar-refractivity contribution in [3.05, 3.63) is 96.1 Å². The molecule has 3 rings (SSSR count). The molecule has 41 heavy (non-hydrogen) atoms. The van der Waals surface area contributed by atoms with Crippen LogP contribution in [0.4, 0.5) is 4.79 Å². The number of unbranched alkanes of at least 4 members (excludes halogenated alkanes) is 2. The van der Waals surface area contributed by atoms with Crippen LogP contribution in [0.5, 0.6) is 0 Å². The van der Waals surface area contributed by atoms with E-state index in [0.29, 0.717) is 44.2 Å². The second kappa shape index (κ2) is 17.1. The Morgan fingerprint density at radius 3 is 2.02 bits per heavy atom. The molecule has 1 atom stereocenters. The molecule has 0 radical (unpaired) electrons. The third kappa shape index (κ3) is 11.5. The smallest absolute Gasteiger partial charge is 0.407 e. The highest BCUT2D eigenvalue weighted by Gasteiger charge is 2.21. The number of hydrogen-bond acceptors (Lipinski definition) is 5. The molecule has 0 heterocycles. The number of carbonyl (C=O) groups is 4. The van der Waals surface area contributed by atoms with Crippen molar-refractivity contribution >= 4 is 23.9 Å². The van der Waals surface area contributed by atoms with E-state index in [1.807, 2.05) is 72.8 Å². The van der Waals surface area contributed by atoms with Crippen LogP contribution < -0.4 is 16.0 Å². The van der Waals surface area contributed by atoms with Gasteiger partial charge in [0.25, 0.3) is 5.91 Å². The summed E-state index contributed by atoms with van der Waals surface area (Å²) in [5.41, 5.74) is 3.32. The van der Waals surface area contributed by atoms with Gasteiger partial charge in [-0.05, 0) is 54.5 Å². The number of hydrogen-bond donors (Lipinski definition) is 4. The maximum atomic E-state index is 13.0. The summed E-state index contributed by atoms with van der Waals surface area (Å²) in [6.07, 6.45) is 2.12. The molecular weight excluding hydrogens is 522 g/mol. The Kier molecular flexibility index (Phi) is 12.9. The third-order valence-corrected chi connectivity index (χ3v) is 6.39. The van der Waals surface area contributed by atoms with Crippen molar-refractivity contribution in [3.8, 4) is 11.1 Å². The lowest BCUT2D eigenvalue weighted by atomic mass is 10.0. The molecular formula is C32H37N3O6. The zero-order valence-corrected chi connectivity index (χ0v) is 23.0. The minimum atomic E-state index is -0.842. The predicted octanol–water partition coefficient (Wildman–Crippen LogP) is 4.92. The summed E-state index contributed by atoms with van der Waals surface area (Å²) in [6, 6.07) is 25.5. The molecule has 3 amide bonds. The van der Waals surface area contributed by atoms with Gasteiger partial charge in [-0.15, -0.1) is 0 Å². The number of aliphatic carboxylic acids is 1. The lowest BCUT2D eigenvalue weighted by Gasteiger charge is -2.19. The molecule has 0 unspecified atom stereocenters. The van der Waals surface area contributed by atoms with E-state index in [2.05, 4.69) is 16.0 Å². The molecule has 0 saturated heterocycles. The molecule has 0 aliphatic rings. The molecule has 3 aromatic rings. The van der Waals surface area contributed by atoms with E-state index in [1.165, 1.54) is 0 Å². The van der Waals surface area contributed by atoms with Crippen LogP contribution in [0, 0.1) is 0 Å². The normalized spacial score (nSPS) is 11.2. The standard InChI is InChI=1S/C32H37N3O6/c36-29(37)16-8-3-9-21-33-31(39)28(15-10-22-34-32(40)41-23-24-11-4-1-5-12-24)35-30(38)27-19-17-26(18-20-27)25-13-6-2-7-14-25/h1-2,4-7,11-14,17-20,28H,3,8-10,15-16,21-23H2,(H,33,39)(H,34,40)(H,35,38)(H,36,37)/t28-/m0/s1. The van der Waals surface area contributed by atoms with Gasteiger partial charge in [-0.2, -0.15) is 0 Å². The molecule has 9 nitrogen and oxygen atoms in total. The Morgan fingerprint density at radius 1 is 0.707 bits per heavy atom. The molecule has 0 aromatic heterocycles. The van der Waals surface area contributed by atoms with Crippen molar-refractivity contribution in [1.29, 1.82) is 0 Å². The van der Waals surface area contributed by atoms with E-state index >= 15 is 0 Å². The van der Waals surface area contributed by atoms with E-state index in [1.54, 1.807) is 12.1 Å². The van der Waals surface area contributed by atoms with Gasteiger partial charge < -0.3 is 25.8 Å². The van der Waals surface area contributed by atoms with Gasteiger partial charge in [0.15, 0.2) is 0 Å². The minimum absolute atomic E-state index is 0.0937. The van der Waals surface area contributed by atoms with Crippen molar-refractivity contribution in [1.82, 2.24) is 16.0 Å². The first-order chi connectivity index (χ1) is 19.9. The highest BCUT2D eigenvalue weighted by atomic mass is 16.5. The Morgan fingerprint density at radius 2 is 1.34 bits per heavy atom. The van der Waals surface area contributed by atoms with Crippen LogP contribution in [-0.4, -0.2) is 48.1 Å². The molecule has 3 aromatic carbocycles. The highest BCUT2D eigenvalue weighted by molar-refractivity contribution is 5.97. The molecule has 0 fully saturated rings. The van der Waals surface area contributed by atoms with Crippen LogP contribution in [0.1, 0.15) is 54.4 Å². The lowest BCUT2D eigenvalue weighted by molar-refractivity contribution is -0.137. The summed E-state index contributed by atoms with van der Waals surface area (Å²) in [6.45, 7) is 0.804. The van der Waals surface area contributed by atoms with Gasteiger partial charge in [-0.25, -0.2) is 4.79 Å². The molecule has 216 valence electrons. The van der Waals surface area contributed by atoms with Gasteiger partial charge >= 0.3 is 12.1 Å². The highest BCUT2D eigenvalue weighted by Crippen LogP contribution is 2.19. The van der Waals surface area contributed by atoms with Crippen LogP contribution in [0.25, 0.3) is 11.1 Å². The lowest BCUT2D eigenvalue weighted by Crippen LogP contribution is -2.47. The fourth-order valence-electron chi connectivity index (χ4n) is 4.14. The van der Waals surface area contributed by atoms with Gasteiger partial charge in [-0.1, -0.05) is 79.2 Å². The van der Waals surface area contributed by atoms with Crippen molar-refractivity contribution in [3.63, 3.8) is 0 Å². The number of nitrogens with one attached hydrogen (secondary N) is 3. The van der Waals surface area contributed by atoms with Gasteiger partial charge in [-0.3, -0.25) is 14.4 Å². The largest absolute Gasteiger partial charge is 0.481 e. The predicted molar refractivity (Wildman–Crippen MR) is 156 cm³/mol. The van der Waals surface area contributed by atoms with Crippen molar-refractivity contribution in [2.75, 3.05) is 13.1 Å². The van der Waals surface area contributed by atoms with Crippen LogP contribution in [0.3, 0.4) is 0 Å². The molecule has 0 saturated carbocycles. The number of carboxylic acid groups (broad SMARTS) is 1. The monoisotopic (exact) mass is 559 g/mol. The summed E-state index contributed by atoms with van der Waals surface area (Å²) in [4.78, 5) is 48.7. The van der Waals surface area contributed by atoms with E-state index in [-0.39, 0.29) is 31.4 Å². The first-order valence-electron chi connectivity index (χ1n) is 13.8.